The Balaban J connectivity index is 1.97. The van der Waals surface area contributed by atoms with Crippen molar-refractivity contribution < 1.29 is 9.59 Å². The van der Waals surface area contributed by atoms with E-state index in [1.54, 1.807) is 0 Å². The van der Waals surface area contributed by atoms with Crippen LogP contribution in [0.3, 0.4) is 0 Å². The molecule has 0 aromatic carbocycles. The lowest BCUT2D eigenvalue weighted by Crippen LogP contribution is -2.45. The summed E-state index contributed by atoms with van der Waals surface area (Å²) < 4.78 is 0. The van der Waals surface area contributed by atoms with Crippen molar-refractivity contribution in [3.05, 3.63) is 0 Å². The first-order valence-electron chi connectivity index (χ1n) is 7.18. The van der Waals surface area contributed by atoms with Gasteiger partial charge in [-0.25, -0.2) is 0 Å². The molecule has 2 amide bonds. The van der Waals surface area contributed by atoms with Crippen LogP contribution in [-0.2, 0) is 9.59 Å². The van der Waals surface area contributed by atoms with E-state index in [0.717, 1.165) is 12.5 Å². The van der Waals surface area contributed by atoms with Gasteiger partial charge < -0.3 is 10.2 Å². The zero-order valence-corrected chi connectivity index (χ0v) is 11.4. The smallest absolute Gasteiger partial charge is 0.245 e. The van der Waals surface area contributed by atoms with Crippen molar-refractivity contribution in [1.82, 2.24) is 10.2 Å². The molecule has 1 saturated carbocycles. The molecule has 3 unspecified atom stereocenters. The number of carbonyl (C=O) groups is 2. The Kier molecular flexibility index (Phi) is 4.25. The van der Waals surface area contributed by atoms with Crippen molar-refractivity contribution in [3.63, 3.8) is 0 Å². The van der Waals surface area contributed by atoms with Crippen LogP contribution in [0.5, 0.6) is 0 Å². The van der Waals surface area contributed by atoms with Crippen LogP contribution in [0, 0.1) is 11.8 Å². The maximum absolute atomic E-state index is 12.3. The molecule has 2 aliphatic rings. The lowest BCUT2D eigenvalue weighted by atomic mass is 10.0. The van der Waals surface area contributed by atoms with Crippen LogP contribution in [0.2, 0.25) is 0 Å². The van der Waals surface area contributed by atoms with Gasteiger partial charge in [0.25, 0.3) is 0 Å². The van der Waals surface area contributed by atoms with Gasteiger partial charge in [0.05, 0.1) is 0 Å². The van der Waals surface area contributed by atoms with Crippen LogP contribution in [0.15, 0.2) is 0 Å². The van der Waals surface area contributed by atoms with Gasteiger partial charge in [0, 0.05) is 19.5 Å². The molecule has 2 fully saturated rings. The molecule has 0 radical (unpaired) electrons. The zero-order chi connectivity index (χ0) is 13.1. The van der Waals surface area contributed by atoms with Crippen LogP contribution in [0.1, 0.15) is 46.0 Å². The van der Waals surface area contributed by atoms with E-state index < -0.39 is 0 Å². The van der Waals surface area contributed by atoms with Crippen molar-refractivity contribution in [3.8, 4) is 0 Å². The molecule has 0 aromatic heterocycles. The fourth-order valence-electron chi connectivity index (χ4n) is 3.16. The summed E-state index contributed by atoms with van der Waals surface area (Å²) in [6.07, 6.45) is 4.86. The van der Waals surface area contributed by atoms with E-state index in [4.69, 9.17) is 0 Å². The van der Waals surface area contributed by atoms with Gasteiger partial charge in [-0.2, -0.15) is 0 Å². The number of hydrogen-bond acceptors (Lipinski definition) is 2. The average molecular weight is 252 g/mol. The Morgan fingerprint density at radius 1 is 1.33 bits per heavy atom. The first kappa shape index (κ1) is 13.4. The highest BCUT2D eigenvalue weighted by molar-refractivity contribution is 5.89. The van der Waals surface area contributed by atoms with E-state index in [2.05, 4.69) is 12.2 Å². The van der Waals surface area contributed by atoms with Crippen LogP contribution >= 0.6 is 0 Å². The van der Waals surface area contributed by atoms with Crippen LogP contribution in [0.25, 0.3) is 0 Å². The third kappa shape index (κ3) is 3.03. The van der Waals surface area contributed by atoms with Gasteiger partial charge in [-0.05, 0) is 31.1 Å². The molecule has 0 aromatic rings. The summed E-state index contributed by atoms with van der Waals surface area (Å²) in [5.41, 5.74) is 0. The highest BCUT2D eigenvalue weighted by atomic mass is 16.2. The summed E-state index contributed by atoms with van der Waals surface area (Å²) in [6.45, 7) is 5.66. The third-order valence-corrected chi connectivity index (χ3v) is 4.24. The molecule has 2 rings (SSSR count). The van der Waals surface area contributed by atoms with Crippen LogP contribution in [0.4, 0.5) is 0 Å². The van der Waals surface area contributed by atoms with E-state index in [1.165, 1.54) is 19.3 Å². The largest absolute Gasteiger partial charge is 0.344 e. The molecule has 1 aliphatic carbocycles. The predicted octanol–water partition coefficient (Wildman–Crippen LogP) is 1.55. The van der Waals surface area contributed by atoms with Gasteiger partial charge in [0.2, 0.25) is 11.8 Å². The lowest BCUT2D eigenvalue weighted by Gasteiger charge is -2.26. The first-order valence-corrected chi connectivity index (χ1v) is 7.18. The van der Waals surface area contributed by atoms with Crippen molar-refractivity contribution in [2.45, 2.75) is 52.0 Å². The molecule has 1 aliphatic heterocycles. The minimum Gasteiger partial charge on any atom is -0.344 e. The molecule has 1 saturated heterocycles. The molecule has 1 N–H and O–H groups in total. The lowest BCUT2D eigenvalue weighted by molar-refractivity contribution is -0.134. The molecular weight excluding hydrogens is 228 g/mol. The highest BCUT2D eigenvalue weighted by Gasteiger charge is 2.31. The first-order chi connectivity index (χ1) is 8.60. The molecule has 3 atom stereocenters. The van der Waals surface area contributed by atoms with Crippen LogP contribution < -0.4 is 5.32 Å². The van der Waals surface area contributed by atoms with E-state index in [9.17, 15) is 9.59 Å². The molecule has 18 heavy (non-hydrogen) atoms. The highest BCUT2D eigenvalue weighted by Crippen LogP contribution is 2.31. The van der Waals surface area contributed by atoms with Crippen molar-refractivity contribution in [2.75, 3.05) is 13.1 Å². The standard InChI is InChI=1S/C14H24N2O2/c1-3-12-14(18)16(7-6-13(17)15-12)9-11-5-4-10(2)8-11/h10-12H,3-9H2,1-2H3,(H,15,17). The molecule has 1 heterocycles. The van der Waals surface area contributed by atoms with Crippen molar-refractivity contribution in [1.29, 1.82) is 0 Å². The second-order valence-electron chi connectivity index (χ2n) is 5.85. The number of amides is 2. The van der Waals surface area contributed by atoms with Gasteiger partial charge in [-0.1, -0.05) is 20.3 Å². The second-order valence-corrected chi connectivity index (χ2v) is 5.85. The molecule has 4 nitrogen and oxygen atoms in total. The Morgan fingerprint density at radius 3 is 2.72 bits per heavy atom. The number of nitrogens with zero attached hydrogens (tertiary/aromatic N) is 1. The van der Waals surface area contributed by atoms with E-state index in [0.29, 0.717) is 25.3 Å². The Morgan fingerprint density at radius 2 is 2.11 bits per heavy atom. The second kappa shape index (κ2) is 5.72. The van der Waals surface area contributed by atoms with Crippen LogP contribution in [-0.4, -0.2) is 35.8 Å². The molecule has 0 bridgehead atoms. The Labute approximate surface area is 109 Å². The zero-order valence-electron chi connectivity index (χ0n) is 11.4. The monoisotopic (exact) mass is 252 g/mol. The van der Waals surface area contributed by atoms with Crippen molar-refractivity contribution in [2.24, 2.45) is 11.8 Å². The fraction of sp³-hybridized carbons (Fsp3) is 0.857. The summed E-state index contributed by atoms with van der Waals surface area (Å²) in [4.78, 5) is 25.8. The maximum atomic E-state index is 12.3. The Hall–Kier alpha value is -1.06. The van der Waals surface area contributed by atoms with E-state index in [-0.39, 0.29) is 17.9 Å². The summed E-state index contributed by atoms with van der Waals surface area (Å²) in [5, 5.41) is 2.81. The van der Waals surface area contributed by atoms with E-state index in [1.807, 2.05) is 11.8 Å². The molecule has 4 heteroatoms. The number of rotatable bonds is 3. The van der Waals surface area contributed by atoms with Gasteiger partial charge in [-0.15, -0.1) is 0 Å². The summed E-state index contributed by atoms with van der Waals surface area (Å²) in [6, 6.07) is -0.307. The van der Waals surface area contributed by atoms with Gasteiger partial charge >= 0.3 is 0 Å². The number of nitrogens with one attached hydrogen (secondary N) is 1. The van der Waals surface area contributed by atoms with Crippen molar-refractivity contribution >= 4 is 11.8 Å². The minimum absolute atomic E-state index is 0.0116. The normalized spacial score (nSPS) is 33.4. The quantitative estimate of drug-likeness (QED) is 0.828. The van der Waals surface area contributed by atoms with E-state index >= 15 is 0 Å². The Bertz CT molecular complexity index is 330. The fourth-order valence-corrected chi connectivity index (χ4v) is 3.16. The predicted molar refractivity (Wildman–Crippen MR) is 69.9 cm³/mol. The molecule has 0 spiro atoms. The maximum Gasteiger partial charge on any atom is 0.245 e. The molecule has 102 valence electrons. The SMILES string of the molecule is CCC1NC(=O)CCN(CC2CCC(C)C2)C1=O. The van der Waals surface area contributed by atoms with Gasteiger partial charge in [0.1, 0.15) is 6.04 Å². The number of carbonyl (C=O) groups excluding carboxylic acids is 2. The van der Waals surface area contributed by atoms with Gasteiger partial charge in [-0.3, -0.25) is 9.59 Å². The number of hydrogen-bond donors (Lipinski definition) is 1. The summed E-state index contributed by atoms with van der Waals surface area (Å²) in [7, 11) is 0. The third-order valence-electron chi connectivity index (χ3n) is 4.24. The minimum atomic E-state index is -0.307. The van der Waals surface area contributed by atoms with Gasteiger partial charge in [0.15, 0.2) is 0 Å². The molecular formula is C14H24N2O2. The summed E-state index contributed by atoms with van der Waals surface area (Å²) in [5.74, 6) is 1.55. The topological polar surface area (TPSA) is 49.4 Å². The summed E-state index contributed by atoms with van der Waals surface area (Å²) >= 11 is 0. The average Bonchev–Trinajstić information content (AvgIpc) is 2.70.